The van der Waals surface area contributed by atoms with Crippen molar-refractivity contribution in [3.8, 4) is 135 Å². The summed E-state index contributed by atoms with van der Waals surface area (Å²) in [6, 6.07) is 175. The molecule has 0 bridgehead atoms. The number of nitrogens with zero attached hydrogens (tertiary/aromatic N) is 10. The molecule has 30 aromatic rings. The number of aromatic nitrogens is 10. The minimum atomic E-state index is 0.685. The molecule has 150 heavy (non-hydrogen) atoms. The highest BCUT2D eigenvalue weighted by Gasteiger charge is 2.26. The topological polar surface area (TPSA) is 129 Å². The largest absolute Gasteiger partial charge is 0.264 e. The van der Waals surface area contributed by atoms with E-state index in [4.69, 9.17) is 29.9 Å². The highest BCUT2D eigenvalue weighted by molar-refractivity contribution is 6.20. The lowest BCUT2D eigenvalue weighted by Gasteiger charge is -2.16. The van der Waals surface area contributed by atoms with Gasteiger partial charge in [-0.1, -0.05) is 400 Å². The molecule has 0 amide bonds. The van der Waals surface area contributed by atoms with E-state index in [9.17, 15) is 0 Å². The Morgan fingerprint density at radius 1 is 0.127 bits per heavy atom. The van der Waals surface area contributed by atoms with Gasteiger partial charge in [0, 0.05) is 91.0 Å². The van der Waals surface area contributed by atoms with E-state index in [1.54, 1.807) is 6.33 Å². The van der Waals surface area contributed by atoms with Crippen LogP contribution in [0.2, 0.25) is 0 Å². The van der Waals surface area contributed by atoms with Crippen LogP contribution in [0.25, 0.3) is 297 Å². The smallest absolute Gasteiger partial charge is 0.160 e. The molecule has 0 aliphatic rings. The van der Waals surface area contributed by atoms with Crippen LogP contribution in [0.5, 0.6) is 0 Å². The van der Waals surface area contributed by atoms with Gasteiger partial charge in [0.1, 0.15) is 6.33 Å². The van der Waals surface area contributed by atoms with Crippen LogP contribution in [-0.4, -0.2) is 49.8 Å². The van der Waals surface area contributed by atoms with E-state index in [1.807, 2.05) is 30.9 Å². The Labute approximate surface area is 863 Å². The lowest BCUT2D eigenvalue weighted by atomic mass is 9.92. The van der Waals surface area contributed by atoms with Crippen LogP contribution in [0.3, 0.4) is 0 Å². The van der Waals surface area contributed by atoms with E-state index >= 15 is 0 Å². The number of pyridine rings is 2. The van der Waals surface area contributed by atoms with Gasteiger partial charge in [-0.05, 0) is 259 Å². The van der Waals surface area contributed by atoms with Crippen molar-refractivity contribution in [2.45, 2.75) is 0 Å². The third-order valence-electron chi connectivity index (χ3n) is 29.5. The standard InChI is InChI=1S/2C47H29N3.C46H28N4/c1-5-15-38-33(10-1)27-34-11-2-6-16-39(34)45(38)43-29-44(46-40-17-7-3-12-35(40)28-36-13-4-8-18-41(36)46)50-47(49-43)31-21-19-30(20-22-31)32-23-24-42-37(26-32)14-9-25-48-42;1-5-13-39-34(9-1)26-35-10-2-6-14-40(35)45(39)43-28-44(46-41-15-7-3-11-36(41)27-37-12-4-8-16-42(37)46)50-47(49-43)31-19-17-30(18-20-31)32-21-22-38-29-48-24-23-33(38)25-32;1-5-13-37-32(9-1)23-33-10-2-6-14-38(33)44(37)42-26-43(45-39-15-7-3-11-34(39)24-35-12-4-8-16-40(35)45)50-46(49-42)30-19-17-29(18-20-30)31-21-22-36-27-47-28-48-41(36)25-31/h2*1-29H;1-28H. The molecule has 0 atom stereocenters. The van der Waals surface area contributed by atoms with Crippen molar-refractivity contribution in [2.24, 2.45) is 0 Å². The van der Waals surface area contributed by atoms with Gasteiger partial charge in [-0.3, -0.25) is 9.97 Å². The fourth-order valence-corrected chi connectivity index (χ4v) is 22.3. The third-order valence-corrected chi connectivity index (χ3v) is 29.5. The Morgan fingerprint density at radius 2 is 0.360 bits per heavy atom. The van der Waals surface area contributed by atoms with Gasteiger partial charge in [0.25, 0.3) is 0 Å². The summed E-state index contributed by atoms with van der Waals surface area (Å²) < 4.78 is 0. The molecule has 24 aromatic carbocycles. The summed E-state index contributed by atoms with van der Waals surface area (Å²) in [4.78, 5) is 49.7. The molecular weight excluding hydrogens is 1820 g/mol. The minimum absolute atomic E-state index is 0.685. The second kappa shape index (κ2) is 37.2. The third kappa shape index (κ3) is 16.1. The van der Waals surface area contributed by atoms with Crippen LogP contribution in [0.4, 0.5) is 0 Å². The molecule has 0 unspecified atom stereocenters. The van der Waals surface area contributed by atoms with Gasteiger partial charge >= 0.3 is 0 Å². The number of hydrogen-bond donors (Lipinski definition) is 0. The number of benzene rings is 24. The summed E-state index contributed by atoms with van der Waals surface area (Å²) in [6.07, 6.45) is 9.02. The summed E-state index contributed by atoms with van der Waals surface area (Å²) in [5, 5.41) is 32.7. The first-order valence-corrected chi connectivity index (χ1v) is 50.6. The maximum Gasteiger partial charge on any atom is 0.160 e. The predicted molar refractivity (Wildman–Crippen MR) is 625 cm³/mol. The fraction of sp³-hybridized carbons (Fsp3) is 0. The first-order valence-electron chi connectivity index (χ1n) is 50.6. The van der Waals surface area contributed by atoms with Crippen LogP contribution < -0.4 is 0 Å². The second-order valence-corrected chi connectivity index (χ2v) is 38.4. The molecule has 0 fully saturated rings. The van der Waals surface area contributed by atoms with Gasteiger partial charge < -0.3 is 0 Å². The molecule has 696 valence electrons. The average Bonchev–Trinajstić information content (AvgIpc) is 0.743. The predicted octanol–water partition coefficient (Wildman–Crippen LogP) is 36.3. The Bertz CT molecular complexity index is 9010. The quantitative estimate of drug-likeness (QED) is 0.109. The van der Waals surface area contributed by atoms with Crippen molar-refractivity contribution >= 4 is 162 Å². The van der Waals surface area contributed by atoms with Crippen molar-refractivity contribution in [3.05, 3.63) is 522 Å². The Morgan fingerprint density at radius 3 is 0.653 bits per heavy atom. The van der Waals surface area contributed by atoms with Crippen LogP contribution in [-0.2, 0) is 0 Å². The molecular formula is C140H86N10. The summed E-state index contributed by atoms with van der Waals surface area (Å²) in [5.41, 5.74) is 23.7. The highest BCUT2D eigenvalue weighted by Crippen LogP contribution is 2.48. The Kier molecular flexibility index (Phi) is 21.7. The molecule has 0 aliphatic heterocycles. The number of fused-ring (bicyclic) bond motifs is 15. The molecule has 0 saturated heterocycles. The SMILES string of the molecule is c1ccc2c(-c3cc(-c4c5ccccc5cc5ccccc45)nc(-c4ccc(-c5ccc6cnccc6c5)cc4)n3)c3ccccc3cc2c1.c1ccc2c(-c3cc(-c4c5ccccc5cc5ccccc45)nc(-c4ccc(-c5ccc6cncnc6c5)cc4)n3)c3ccccc3cc2c1.c1cnc2ccc(-c3ccc(-c4nc(-c5c6ccccc6cc6ccccc56)cc(-c5c6ccccc6cc6ccccc56)n4)cc3)cc2c1. The molecule has 30 rings (SSSR count). The Balaban J connectivity index is 0.000000108. The van der Waals surface area contributed by atoms with Gasteiger partial charge in [-0.25, -0.2) is 39.9 Å². The molecule has 0 spiro atoms. The average molecular weight is 1910 g/mol. The van der Waals surface area contributed by atoms with E-state index < -0.39 is 0 Å². The zero-order valence-electron chi connectivity index (χ0n) is 81.1. The molecule has 0 aliphatic carbocycles. The van der Waals surface area contributed by atoms with Gasteiger partial charge in [-0.2, -0.15) is 0 Å². The van der Waals surface area contributed by atoms with E-state index in [1.165, 1.54) is 135 Å². The van der Waals surface area contributed by atoms with Crippen molar-refractivity contribution in [1.29, 1.82) is 0 Å². The molecule has 6 aromatic heterocycles. The maximum absolute atomic E-state index is 5.39. The van der Waals surface area contributed by atoms with Crippen LogP contribution in [0.15, 0.2) is 522 Å². The summed E-state index contributed by atoms with van der Waals surface area (Å²) in [7, 11) is 0. The second-order valence-electron chi connectivity index (χ2n) is 38.4. The molecule has 10 heteroatoms. The zero-order chi connectivity index (χ0) is 99.1. The van der Waals surface area contributed by atoms with Crippen LogP contribution in [0, 0.1) is 0 Å². The van der Waals surface area contributed by atoms with Crippen molar-refractivity contribution in [3.63, 3.8) is 0 Å². The molecule has 0 N–H and O–H groups in total. The van der Waals surface area contributed by atoms with E-state index in [-0.39, 0.29) is 0 Å². The maximum atomic E-state index is 5.39. The number of rotatable bonds is 12. The minimum Gasteiger partial charge on any atom is -0.264 e. The van der Waals surface area contributed by atoms with E-state index in [0.717, 1.165) is 145 Å². The van der Waals surface area contributed by atoms with Gasteiger partial charge in [0.05, 0.1) is 45.2 Å². The highest BCUT2D eigenvalue weighted by atomic mass is 14.9. The Hall–Kier alpha value is -20.2. The van der Waals surface area contributed by atoms with E-state index in [2.05, 4.69) is 505 Å². The van der Waals surface area contributed by atoms with Crippen LogP contribution >= 0.6 is 0 Å². The first-order chi connectivity index (χ1) is 74.3. The summed E-state index contributed by atoms with van der Waals surface area (Å²) in [6.45, 7) is 0. The van der Waals surface area contributed by atoms with Crippen LogP contribution in [0.1, 0.15) is 0 Å². The van der Waals surface area contributed by atoms with Crippen molar-refractivity contribution < 1.29 is 0 Å². The summed E-state index contributed by atoms with van der Waals surface area (Å²) >= 11 is 0. The van der Waals surface area contributed by atoms with Crippen molar-refractivity contribution in [2.75, 3.05) is 0 Å². The monoisotopic (exact) mass is 1910 g/mol. The first kappa shape index (κ1) is 87.6. The fourth-order valence-electron chi connectivity index (χ4n) is 22.3. The van der Waals surface area contributed by atoms with E-state index in [0.29, 0.717) is 17.5 Å². The molecule has 0 radical (unpaired) electrons. The van der Waals surface area contributed by atoms with Gasteiger partial charge in [0.2, 0.25) is 0 Å². The molecule has 10 nitrogen and oxygen atoms in total. The zero-order valence-corrected chi connectivity index (χ0v) is 81.1. The van der Waals surface area contributed by atoms with Gasteiger partial charge in [0.15, 0.2) is 17.5 Å². The molecule has 6 heterocycles. The lowest BCUT2D eigenvalue weighted by Crippen LogP contribution is -1.98. The van der Waals surface area contributed by atoms with Crippen molar-refractivity contribution in [1.82, 2.24) is 49.8 Å². The molecule has 0 saturated carbocycles. The lowest BCUT2D eigenvalue weighted by molar-refractivity contribution is 1.19. The normalized spacial score (nSPS) is 11.6. The summed E-state index contributed by atoms with van der Waals surface area (Å²) in [5.74, 6) is 2.08. The number of hydrogen-bond acceptors (Lipinski definition) is 10. The van der Waals surface area contributed by atoms with Gasteiger partial charge in [-0.15, -0.1) is 0 Å².